The number of allylic oxidation sites excluding steroid dienone is 1. The Morgan fingerprint density at radius 2 is 0.778 bits per heavy atom. The maximum Gasteiger partial charge on any atom is 0.200 e. The molecule has 0 unspecified atom stereocenters. The van der Waals surface area contributed by atoms with Gasteiger partial charge in [-0.1, -0.05) is 0 Å². The second-order valence-corrected chi connectivity index (χ2v) is 4.78. The summed E-state index contributed by atoms with van der Waals surface area (Å²) in [6.07, 6.45) is -0.476. The minimum Gasteiger partial charge on any atom is -0.507 e. The Bertz CT molecular complexity index is 955. The van der Waals surface area contributed by atoms with Crippen LogP contribution >= 0.6 is 0 Å². The fourth-order valence-electron chi connectivity index (χ4n) is 1.92. The van der Waals surface area contributed by atoms with E-state index in [-0.39, 0.29) is 0 Å². The highest BCUT2D eigenvalue weighted by molar-refractivity contribution is 6.08. The fraction of sp³-hybridized carbons (Fsp3) is 0. The first-order chi connectivity index (χ1) is 12.4. The molecule has 2 aromatic rings. The van der Waals surface area contributed by atoms with E-state index in [0.29, 0.717) is 0 Å². The summed E-state index contributed by atoms with van der Waals surface area (Å²) in [6.45, 7) is 0. The van der Waals surface area contributed by atoms with Crippen LogP contribution in [0.3, 0.4) is 0 Å². The minimum atomic E-state index is -2.62. The second kappa shape index (κ2) is 6.93. The molecule has 0 fully saturated rings. The maximum atomic E-state index is 13.5. The Kier molecular flexibility index (Phi) is 5.20. The lowest BCUT2D eigenvalue weighted by Crippen LogP contribution is -2.12. The molecule has 1 N–H and O–H groups in total. The van der Waals surface area contributed by atoms with E-state index in [9.17, 15) is 53.8 Å². The molecule has 2 rings (SSSR count). The summed E-state index contributed by atoms with van der Waals surface area (Å²) in [6, 6.07) is 0. The van der Waals surface area contributed by atoms with Crippen LogP contribution in [0.15, 0.2) is 6.08 Å². The Morgan fingerprint density at radius 3 is 1.11 bits per heavy atom. The van der Waals surface area contributed by atoms with Gasteiger partial charge in [0.15, 0.2) is 52.3 Å². The Labute approximate surface area is 142 Å². The third-order valence-electron chi connectivity index (χ3n) is 3.19. The van der Waals surface area contributed by atoms with E-state index in [0.717, 1.165) is 0 Å². The topological polar surface area (TPSA) is 37.3 Å². The van der Waals surface area contributed by atoms with Crippen LogP contribution in [0.1, 0.15) is 15.9 Å². The molecule has 0 aromatic heterocycles. The molecule has 0 bridgehead atoms. The number of halogens is 10. The van der Waals surface area contributed by atoms with Crippen molar-refractivity contribution in [2.45, 2.75) is 0 Å². The van der Waals surface area contributed by atoms with Gasteiger partial charge < -0.3 is 5.11 Å². The average molecular weight is 404 g/mol. The first-order valence-electron chi connectivity index (χ1n) is 6.39. The van der Waals surface area contributed by atoms with Crippen LogP contribution in [0.4, 0.5) is 43.9 Å². The average Bonchev–Trinajstić information content (AvgIpc) is 2.61. The van der Waals surface area contributed by atoms with E-state index < -0.39 is 86.9 Å². The zero-order valence-corrected chi connectivity index (χ0v) is 12.2. The van der Waals surface area contributed by atoms with Gasteiger partial charge in [-0.05, 0) is 0 Å². The van der Waals surface area contributed by atoms with Gasteiger partial charge in [0.05, 0.1) is 11.1 Å². The van der Waals surface area contributed by atoms with E-state index in [2.05, 4.69) is 0 Å². The Morgan fingerprint density at radius 1 is 0.519 bits per heavy atom. The fourth-order valence-corrected chi connectivity index (χ4v) is 1.92. The summed E-state index contributed by atoms with van der Waals surface area (Å²) in [7, 11) is 0. The van der Waals surface area contributed by atoms with Crippen molar-refractivity contribution in [3.05, 3.63) is 75.4 Å². The van der Waals surface area contributed by atoms with Gasteiger partial charge in [0.1, 0.15) is 5.76 Å². The molecule has 0 atom stereocenters. The predicted molar refractivity (Wildman–Crippen MR) is 67.4 cm³/mol. The molecular formula is C15H2F10O2. The molecule has 0 amide bonds. The van der Waals surface area contributed by atoms with E-state index in [1.807, 2.05) is 0 Å². The van der Waals surface area contributed by atoms with Crippen LogP contribution in [-0.2, 0) is 0 Å². The van der Waals surface area contributed by atoms with Crippen molar-refractivity contribution >= 4 is 11.5 Å². The highest BCUT2D eigenvalue weighted by Crippen LogP contribution is 2.29. The van der Waals surface area contributed by atoms with Gasteiger partial charge >= 0.3 is 0 Å². The summed E-state index contributed by atoms with van der Waals surface area (Å²) in [4.78, 5) is 11.7. The molecule has 0 heterocycles. The van der Waals surface area contributed by atoms with Crippen LogP contribution in [0.5, 0.6) is 0 Å². The molecule has 2 aromatic carbocycles. The maximum absolute atomic E-state index is 13.5. The van der Waals surface area contributed by atoms with Crippen molar-refractivity contribution in [3.8, 4) is 0 Å². The molecule has 0 saturated carbocycles. The normalized spacial score (nSPS) is 11.9. The summed E-state index contributed by atoms with van der Waals surface area (Å²) in [5.41, 5.74) is -4.18. The lowest BCUT2D eigenvalue weighted by Gasteiger charge is -2.08. The third kappa shape index (κ3) is 3.11. The molecule has 0 saturated heterocycles. The Hall–Kier alpha value is -3.05. The lowest BCUT2D eigenvalue weighted by atomic mass is 10.0. The SMILES string of the molecule is O=C(/C=C(\O)c1c(F)c(F)c(F)c(F)c1F)c1c(F)c(F)c(F)c(F)c1F. The number of ketones is 1. The standard InChI is InChI=1S/C15H2F10O2/c16-6-4(7(17)11(21)14(24)10(6)20)2(26)1-3(27)5-8(18)12(22)15(25)13(23)9(5)19/h1,26H/b2-1-. The summed E-state index contributed by atoms with van der Waals surface area (Å²) >= 11 is 0. The molecule has 0 aliphatic rings. The van der Waals surface area contributed by atoms with Gasteiger partial charge in [0.25, 0.3) is 0 Å². The minimum absolute atomic E-state index is 0.476. The highest BCUT2D eigenvalue weighted by Gasteiger charge is 2.31. The number of benzene rings is 2. The van der Waals surface area contributed by atoms with Crippen molar-refractivity contribution < 1.29 is 53.8 Å². The number of rotatable bonds is 3. The largest absolute Gasteiger partial charge is 0.507 e. The molecule has 0 aliphatic carbocycles. The molecule has 0 aliphatic heterocycles. The van der Waals surface area contributed by atoms with Crippen LogP contribution in [0, 0.1) is 58.2 Å². The Balaban J connectivity index is 2.68. The smallest absolute Gasteiger partial charge is 0.200 e. The van der Waals surface area contributed by atoms with E-state index >= 15 is 0 Å². The van der Waals surface area contributed by atoms with Crippen LogP contribution < -0.4 is 0 Å². The first kappa shape index (κ1) is 20.3. The molecule has 0 spiro atoms. The van der Waals surface area contributed by atoms with Crippen molar-refractivity contribution in [3.63, 3.8) is 0 Å². The van der Waals surface area contributed by atoms with E-state index in [1.165, 1.54) is 0 Å². The van der Waals surface area contributed by atoms with Gasteiger partial charge in [-0.25, -0.2) is 43.9 Å². The number of hydrogen-bond acceptors (Lipinski definition) is 2. The lowest BCUT2D eigenvalue weighted by molar-refractivity contribution is 0.103. The van der Waals surface area contributed by atoms with Crippen molar-refractivity contribution in [2.75, 3.05) is 0 Å². The second-order valence-electron chi connectivity index (χ2n) is 4.78. The summed E-state index contributed by atoms with van der Waals surface area (Å²) < 4.78 is 132. The molecule has 144 valence electrons. The molecule has 27 heavy (non-hydrogen) atoms. The van der Waals surface area contributed by atoms with E-state index in [4.69, 9.17) is 0 Å². The summed E-state index contributed by atoms with van der Waals surface area (Å²) in [5, 5.41) is 9.43. The van der Waals surface area contributed by atoms with Crippen LogP contribution in [0.2, 0.25) is 0 Å². The van der Waals surface area contributed by atoms with Gasteiger partial charge in [-0.3, -0.25) is 4.79 Å². The van der Waals surface area contributed by atoms with Crippen LogP contribution in [0.25, 0.3) is 5.76 Å². The number of hydrogen-bond donors (Lipinski definition) is 1. The quantitative estimate of drug-likeness (QED) is 0.198. The molecule has 0 radical (unpaired) electrons. The number of carbonyl (C=O) groups excluding carboxylic acids is 1. The zero-order valence-electron chi connectivity index (χ0n) is 12.2. The number of carbonyl (C=O) groups is 1. The predicted octanol–water partition coefficient (Wildman–Crippen LogP) is 4.86. The third-order valence-corrected chi connectivity index (χ3v) is 3.19. The van der Waals surface area contributed by atoms with Crippen molar-refractivity contribution in [1.29, 1.82) is 0 Å². The van der Waals surface area contributed by atoms with Gasteiger partial charge in [-0.15, -0.1) is 0 Å². The van der Waals surface area contributed by atoms with Gasteiger partial charge in [0, 0.05) is 6.08 Å². The highest BCUT2D eigenvalue weighted by atomic mass is 19.2. The van der Waals surface area contributed by atoms with Gasteiger partial charge in [0.2, 0.25) is 11.6 Å². The van der Waals surface area contributed by atoms with Gasteiger partial charge in [-0.2, -0.15) is 0 Å². The number of aliphatic hydroxyl groups excluding tert-OH is 1. The van der Waals surface area contributed by atoms with E-state index in [1.54, 1.807) is 0 Å². The molecular weight excluding hydrogens is 402 g/mol. The van der Waals surface area contributed by atoms with Crippen molar-refractivity contribution in [1.82, 2.24) is 0 Å². The first-order valence-corrected chi connectivity index (χ1v) is 6.39. The monoisotopic (exact) mass is 404 g/mol. The van der Waals surface area contributed by atoms with Crippen LogP contribution in [-0.4, -0.2) is 10.9 Å². The number of aliphatic hydroxyl groups is 1. The molecule has 12 heteroatoms. The zero-order chi connectivity index (χ0) is 20.8. The molecule has 2 nitrogen and oxygen atoms in total. The summed E-state index contributed by atoms with van der Waals surface area (Å²) in [5.74, 6) is -30.1. The van der Waals surface area contributed by atoms with Crippen molar-refractivity contribution in [2.24, 2.45) is 0 Å².